The summed E-state index contributed by atoms with van der Waals surface area (Å²) in [5.74, 6) is -7.64. The Balaban J connectivity index is 1.92. The molecule has 0 unspecified atom stereocenters. The maximum absolute atomic E-state index is 13.5. The van der Waals surface area contributed by atoms with Crippen LogP contribution in [0.15, 0.2) is 28.7 Å². The highest BCUT2D eigenvalue weighted by Gasteiger charge is 2.26. The van der Waals surface area contributed by atoms with Crippen LogP contribution in [0.3, 0.4) is 0 Å². The fourth-order valence-corrected chi connectivity index (χ4v) is 7.17. The van der Waals surface area contributed by atoms with E-state index >= 15 is 0 Å². The molecule has 2 rings (SSSR count). The van der Waals surface area contributed by atoms with E-state index in [1.54, 1.807) is 19.6 Å². The van der Waals surface area contributed by atoms with Gasteiger partial charge in [0.2, 0.25) is 11.8 Å². The Bertz CT molecular complexity index is 1710. The molecule has 9 N–H and O–H groups in total. The topological polar surface area (TPSA) is 327 Å². The number of nitrogens with one attached hydrogen (secondary N) is 3. The Morgan fingerprint density at radius 1 is 0.554 bits per heavy atom. The minimum absolute atomic E-state index is 0.0211. The molecule has 1 aliphatic heterocycles. The molecule has 65 heavy (non-hydrogen) atoms. The number of aliphatic carboxylic acids is 6. The Labute approximate surface area is 385 Å². The van der Waals surface area contributed by atoms with Crippen LogP contribution in [0.2, 0.25) is 0 Å². The molecule has 1 aromatic carbocycles. The van der Waals surface area contributed by atoms with E-state index in [1.807, 2.05) is 29.2 Å². The molecular formula is C41H63BrN8O15. The van der Waals surface area contributed by atoms with Gasteiger partial charge in [-0.2, -0.15) is 0 Å². The molecule has 0 saturated carbocycles. The lowest BCUT2D eigenvalue weighted by atomic mass is 10.1. The second kappa shape index (κ2) is 30.7. The van der Waals surface area contributed by atoms with Crippen LogP contribution in [0, 0.1) is 0 Å². The zero-order valence-corrected chi connectivity index (χ0v) is 38.0. The van der Waals surface area contributed by atoms with Crippen LogP contribution in [0.5, 0.6) is 0 Å². The van der Waals surface area contributed by atoms with Gasteiger partial charge in [0, 0.05) is 89.3 Å². The number of unbranched alkanes of at least 4 members (excludes halogenated alkanes) is 3. The number of carbonyl (C=O) groups is 9. The number of carbonyl (C=O) groups excluding carboxylic acids is 3. The van der Waals surface area contributed by atoms with Crippen molar-refractivity contribution in [2.75, 3.05) is 91.6 Å². The van der Waals surface area contributed by atoms with E-state index in [-0.39, 0.29) is 103 Å². The Kier molecular flexibility index (Phi) is 26.3. The van der Waals surface area contributed by atoms with E-state index in [0.29, 0.717) is 51.9 Å². The van der Waals surface area contributed by atoms with Crippen molar-refractivity contribution in [3.05, 3.63) is 34.3 Å². The van der Waals surface area contributed by atoms with Crippen molar-refractivity contribution in [2.24, 2.45) is 0 Å². The minimum Gasteiger partial charge on any atom is -0.481 e. The third kappa shape index (κ3) is 25.6. The molecule has 1 fully saturated rings. The lowest BCUT2D eigenvalue weighted by Gasteiger charge is -2.32. The number of amides is 4. The maximum atomic E-state index is 13.5. The van der Waals surface area contributed by atoms with Crippen LogP contribution in [0.1, 0.15) is 63.4 Å². The molecule has 4 amide bonds. The average molecular weight is 988 g/mol. The molecule has 23 nitrogen and oxygen atoms in total. The summed E-state index contributed by atoms with van der Waals surface area (Å²) in [6.07, 6.45) is 1.64. The molecule has 0 aromatic heterocycles. The molecular weight excluding hydrogens is 924 g/mol. The first-order valence-electron chi connectivity index (χ1n) is 21.4. The number of carboxylic acid groups (broad SMARTS) is 6. The number of nitrogens with zero attached hydrogens (tertiary/aromatic N) is 5. The SMILES string of the molecule is O=C(O)CC[C@@H](NC(=O)N[C@H](CCCCN(Cc1ccc(Br)cc1)C(=O)CCCCCNC(=O)CN1CCN(CC(=O)O)CCN(CC(=O)O)CCN(CC(=O)O)CC1)C(=O)O)C(=O)O. The third-order valence-electron chi connectivity index (χ3n) is 10.4. The summed E-state index contributed by atoms with van der Waals surface area (Å²) < 4.78 is 0.856. The van der Waals surface area contributed by atoms with E-state index in [2.05, 4.69) is 31.9 Å². The average Bonchev–Trinajstić information content (AvgIpc) is 3.22. The Morgan fingerprint density at radius 2 is 1.02 bits per heavy atom. The van der Waals surface area contributed by atoms with Gasteiger partial charge in [0.25, 0.3) is 0 Å². The second-order valence-electron chi connectivity index (χ2n) is 15.7. The predicted octanol–water partition coefficient (Wildman–Crippen LogP) is 0.170. The van der Waals surface area contributed by atoms with Gasteiger partial charge in [0.05, 0.1) is 26.2 Å². The lowest BCUT2D eigenvalue weighted by Crippen LogP contribution is -2.51. The van der Waals surface area contributed by atoms with Gasteiger partial charge in [-0.25, -0.2) is 14.4 Å². The van der Waals surface area contributed by atoms with Crippen LogP contribution in [0.4, 0.5) is 4.79 Å². The van der Waals surface area contributed by atoms with Gasteiger partial charge >= 0.3 is 41.8 Å². The zero-order chi connectivity index (χ0) is 48.3. The van der Waals surface area contributed by atoms with Crippen LogP contribution in [-0.4, -0.2) is 213 Å². The molecule has 0 spiro atoms. The molecule has 24 heteroatoms. The molecule has 364 valence electrons. The zero-order valence-electron chi connectivity index (χ0n) is 36.4. The van der Waals surface area contributed by atoms with Crippen molar-refractivity contribution < 1.29 is 73.8 Å². The van der Waals surface area contributed by atoms with Crippen molar-refractivity contribution in [2.45, 2.75) is 76.4 Å². The highest BCUT2D eigenvalue weighted by atomic mass is 79.9. The van der Waals surface area contributed by atoms with Crippen molar-refractivity contribution in [1.82, 2.24) is 40.4 Å². The first-order valence-corrected chi connectivity index (χ1v) is 22.2. The van der Waals surface area contributed by atoms with E-state index in [0.717, 1.165) is 10.0 Å². The summed E-state index contributed by atoms with van der Waals surface area (Å²) in [6, 6.07) is 3.44. The molecule has 2 atom stereocenters. The predicted molar refractivity (Wildman–Crippen MR) is 235 cm³/mol. The van der Waals surface area contributed by atoms with Crippen molar-refractivity contribution >= 4 is 69.6 Å². The molecule has 1 aliphatic rings. The fourth-order valence-electron chi connectivity index (χ4n) is 6.90. The van der Waals surface area contributed by atoms with Crippen molar-refractivity contribution in [1.29, 1.82) is 0 Å². The van der Waals surface area contributed by atoms with Crippen LogP contribution < -0.4 is 16.0 Å². The van der Waals surface area contributed by atoms with Crippen LogP contribution in [0.25, 0.3) is 0 Å². The minimum atomic E-state index is -1.53. The largest absolute Gasteiger partial charge is 0.481 e. The van der Waals surface area contributed by atoms with Gasteiger partial charge in [0.15, 0.2) is 0 Å². The van der Waals surface area contributed by atoms with Gasteiger partial charge in [-0.05, 0) is 56.2 Å². The number of urea groups is 1. The molecule has 0 aliphatic carbocycles. The number of halogens is 1. The van der Waals surface area contributed by atoms with E-state index in [1.165, 1.54) is 0 Å². The summed E-state index contributed by atoms with van der Waals surface area (Å²) in [4.78, 5) is 116. The molecule has 0 radical (unpaired) electrons. The summed E-state index contributed by atoms with van der Waals surface area (Å²) in [5, 5.41) is 63.3. The smallest absolute Gasteiger partial charge is 0.326 e. The molecule has 1 aromatic rings. The van der Waals surface area contributed by atoms with E-state index in [9.17, 15) is 68.7 Å². The van der Waals surface area contributed by atoms with Crippen LogP contribution >= 0.6 is 15.9 Å². The normalized spacial score (nSPS) is 15.6. The maximum Gasteiger partial charge on any atom is 0.326 e. The van der Waals surface area contributed by atoms with Crippen molar-refractivity contribution in [3.8, 4) is 0 Å². The van der Waals surface area contributed by atoms with Gasteiger partial charge in [-0.15, -0.1) is 0 Å². The van der Waals surface area contributed by atoms with Crippen molar-refractivity contribution in [3.63, 3.8) is 0 Å². The molecule has 1 heterocycles. The summed E-state index contributed by atoms with van der Waals surface area (Å²) in [6.45, 7) is 2.25. The Morgan fingerprint density at radius 3 is 1.46 bits per heavy atom. The van der Waals surface area contributed by atoms with Gasteiger partial charge in [0.1, 0.15) is 12.1 Å². The summed E-state index contributed by atoms with van der Waals surface area (Å²) in [7, 11) is 0. The monoisotopic (exact) mass is 986 g/mol. The first kappa shape index (κ1) is 55.7. The number of hydrogen-bond acceptors (Lipinski definition) is 13. The lowest BCUT2D eigenvalue weighted by molar-refractivity contribution is -0.141. The molecule has 1 saturated heterocycles. The third-order valence-corrected chi connectivity index (χ3v) is 11.0. The number of hydrogen-bond donors (Lipinski definition) is 9. The highest BCUT2D eigenvalue weighted by Crippen LogP contribution is 2.15. The van der Waals surface area contributed by atoms with E-state index in [4.69, 9.17) is 5.11 Å². The number of benzene rings is 1. The second-order valence-corrected chi connectivity index (χ2v) is 16.6. The summed E-state index contributed by atoms with van der Waals surface area (Å²) in [5.41, 5.74) is 0.866. The fraction of sp³-hybridized carbons (Fsp3) is 0.634. The summed E-state index contributed by atoms with van der Waals surface area (Å²) >= 11 is 3.40. The number of carboxylic acids is 6. The van der Waals surface area contributed by atoms with Gasteiger partial charge in [-0.1, -0.05) is 34.5 Å². The Hall–Kier alpha value is -5.43. The van der Waals surface area contributed by atoms with E-state index < -0.39 is 66.8 Å². The number of rotatable bonds is 28. The quantitative estimate of drug-likeness (QED) is 0.0506. The standard InChI is InChI=1S/C41H63BrN8O15/c42-30-10-8-29(9-11-30)24-50(15-5-3-6-31(39(61)62)44-41(65)45-32(40(63)64)12-13-35(53)54)34(52)7-2-1-4-14-43-33(51)25-46-16-18-47(26-36(55)56)20-22-49(28-38(59)60)23-21-48(19-17-46)27-37(57)58/h8-11,31-32H,1-7,12-28H2,(H,43,51)(H,53,54)(H,55,56)(H,57,58)(H,59,60)(H,61,62)(H,63,64)(H2,44,45,65)/t31-,32-/m1/s1. The van der Waals surface area contributed by atoms with Crippen LogP contribution in [-0.2, 0) is 44.9 Å². The molecule has 0 bridgehead atoms. The van der Waals surface area contributed by atoms with Gasteiger partial charge in [-0.3, -0.25) is 48.4 Å². The highest BCUT2D eigenvalue weighted by molar-refractivity contribution is 9.10. The van der Waals surface area contributed by atoms with Gasteiger partial charge < -0.3 is 51.5 Å². The first-order chi connectivity index (χ1) is 30.8.